The van der Waals surface area contributed by atoms with Gasteiger partial charge in [-0.3, -0.25) is 0 Å². The first-order valence-corrected chi connectivity index (χ1v) is 6.88. The van der Waals surface area contributed by atoms with Crippen molar-refractivity contribution in [1.29, 1.82) is 0 Å². The summed E-state index contributed by atoms with van der Waals surface area (Å²) in [5.74, 6) is 0.550. The van der Waals surface area contributed by atoms with Gasteiger partial charge in [0, 0.05) is 12.3 Å². The summed E-state index contributed by atoms with van der Waals surface area (Å²) < 4.78 is 1.82. The molecule has 6 nitrogen and oxygen atoms in total. The summed E-state index contributed by atoms with van der Waals surface area (Å²) in [6, 6.07) is 0. The number of aromatic nitrogens is 4. The fourth-order valence-electron chi connectivity index (χ4n) is 2.01. The van der Waals surface area contributed by atoms with Crippen LogP contribution in [0.3, 0.4) is 0 Å². The number of imidazole rings is 1. The van der Waals surface area contributed by atoms with Gasteiger partial charge in [0.2, 0.25) is 0 Å². The quantitative estimate of drug-likeness (QED) is 0.774. The number of nitrogens with zero attached hydrogens (tertiary/aromatic N) is 4. The molecule has 1 fully saturated rings. The third-order valence-corrected chi connectivity index (χ3v) is 4.66. The van der Waals surface area contributed by atoms with Gasteiger partial charge in [0.05, 0.1) is 23.8 Å². The standard InChI is InChI=1S/C10H11ClN4O2S/c11-9-7-10(13-3-12-9)15(4-14-7)1-6-8(17)5(16)2-18-6/h3-6,8,16-17H,1-2H2. The van der Waals surface area contributed by atoms with Crippen molar-refractivity contribution in [1.82, 2.24) is 19.5 Å². The predicted octanol–water partition coefficient (Wildman–Crippen LogP) is 0.317. The Hall–Kier alpha value is -0.890. The van der Waals surface area contributed by atoms with Crippen molar-refractivity contribution < 1.29 is 10.2 Å². The Labute approximate surface area is 112 Å². The highest BCUT2D eigenvalue weighted by atomic mass is 35.5. The number of halogens is 1. The molecule has 18 heavy (non-hydrogen) atoms. The first-order valence-electron chi connectivity index (χ1n) is 5.46. The van der Waals surface area contributed by atoms with Crippen LogP contribution in [-0.4, -0.2) is 52.9 Å². The van der Waals surface area contributed by atoms with Crippen LogP contribution in [0.4, 0.5) is 0 Å². The van der Waals surface area contributed by atoms with E-state index in [4.69, 9.17) is 11.6 Å². The summed E-state index contributed by atoms with van der Waals surface area (Å²) in [4.78, 5) is 12.2. The Bertz CT molecular complexity index is 578. The Kier molecular flexibility index (Phi) is 3.14. The van der Waals surface area contributed by atoms with Crippen LogP contribution in [0.25, 0.3) is 11.2 Å². The van der Waals surface area contributed by atoms with Crippen LogP contribution in [0.2, 0.25) is 5.15 Å². The lowest BCUT2D eigenvalue weighted by molar-refractivity contribution is 0.0396. The highest BCUT2D eigenvalue weighted by molar-refractivity contribution is 8.00. The molecule has 0 bridgehead atoms. The van der Waals surface area contributed by atoms with Crippen molar-refractivity contribution in [2.45, 2.75) is 24.0 Å². The molecule has 3 rings (SSSR count). The van der Waals surface area contributed by atoms with E-state index >= 15 is 0 Å². The van der Waals surface area contributed by atoms with Gasteiger partial charge in [-0.2, -0.15) is 11.8 Å². The summed E-state index contributed by atoms with van der Waals surface area (Å²) in [5.41, 5.74) is 1.20. The molecule has 0 radical (unpaired) electrons. The van der Waals surface area contributed by atoms with E-state index in [9.17, 15) is 10.2 Å². The Balaban J connectivity index is 1.89. The number of hydrogen-bond donors (Lipinski definition) is 2. The van der Waals surface area contributed by atoms with Crippen LogP contribution in [0.5, 0.6) is 0 Å². The largest absolute Gasteiger partial charge is 0.390 e. The zero-order valence-electron chi connectivity index (χ0n) is 9.27. The number of thioether (sulfide) groups is 1. The molecule has 0 amide bonds. The summed E-state index contributed by atoms with van der Waals surface area (Å²) in [6.07, 6.45) is 1.64. The molecule has 2 aromatic heterocycles. The Morgan fingerprint density at radius 3 is 2.94 bits per heavy atom. The zero-order chi connectivity index (χ0) is 12.7. The normalized spacial score (nSPS) is 28.1. The van der Waals surface area contributed by atoms with Crippen molar-refractivity contribution in [3.63, 3.8) is 0 Å². The van der Waals surface area contributed by atoms with Crippen LogP contribution in [-0.2, 0) is 6.54 Å². The predicted molar refractivity (Wildman–Crippen MR) is 68.6 cm³/mol. The highest BCUT2D eigenvalue weighted by Gasteiger charge is 2.34. The van der Waals surface area contributed by atoms with Gasteiger partial charge in [0.1, 0.15) is 11.8 Å². The molecule has 0 spiro atoms. The SMILES string of the molecule is OC1CSC(Cn2cnc3c(Cl)ncnc32)C1O. The smallest absolute Gasteiger partial charge is 0.164 e. The monoisotopic (exact) mass is 286 g/mol. The van der Waals surface area contributed by atoms with Crippen LogP contribution in [0, 0.1) is 0 Å². The second-order valence-corrected chi connectivity index (χ2v) is 5.79. The number of aliphatic hydroxyl groups excluding tert-OH is 2. The summed E-state index contributed by atoms with van der Waals surface area (Å²) in [6.45, 7) is 0.534. The minimum absolute atomic E-state index is 0.0638. The van der Waals surface area contributed by atoms with Gasteiger partial charge in [0.25, 0.3) is 0 Å². The molecule has 0 aromatic carbocycles. The maximum Gasteiger partial charge on any atom is 0.164 e. The van der Waals surface area contributed by atoms with Gasteiger partial charge in [-0.15, -0.1) is 0 Å². The average molecular weight is 287 g/mol. The molecule has 2 N–H and O–H groups in total. The zero-order valence-corrected chi connectivity index (χ0v) is 10.8. The number of rotatable bonds is 2. The van der Waals surface area contributed by atoms with Gasteiger partial charge in [-0.05, 0) is 0 Å². The molecular weight excluding hydrogens is 276 g/mol. The third kappa shape index (κ3) is 1.97. The molecule has 3 unspecified atom stereocenters. The van der Waals surface area contributed by atoms with Gasteiger partial charge >= 0.3 is 0 Å². The van der Waals surface area contributed by atoms with Crippen LogP contribution in [0.15, 0.2) is 12.7 Å². The first-order chi connectivity index (χ1) is 8.66. The van der Waals surface area contributed by atoms with Crippen LogP contribution < -0.4 is 0 Å². The van der Waals surface area contributed by atoms with Crippen molar-refractivity contribution in [3.05, 3.63) is 17.8 Å². The van der Waals surface area contributed by atoms with E-state index in [1.54, 1.807) is 18.1 Å². The van der Waals surface area contributed by atoms with E-state index in [1.165, 1.54) is 6.33 Å². The molecule has 1 aliphatic heterocycles. The van der Waals surface area contributed by atoms with E-state index in [2.05, 4.69) is 15.0 Å². The number of fused-ring (bicyclic) bond motifs is 1. The molecule has 3 heterocycles. The molecule has 0 aliphatic carbocycles. The lowest BCUT2D eigenvalue weighted by Gasteiger charge is -2.15. The number of hydrogen-bond acceptors (Lipinski definition) is 6. The fourth-order valence-corrected chi connectivity index (χ4v) is 3.47. The number of aliphatic hydroxyl groups is 2. The molecule has 96 valence electrons. The summed E-state index contributed by atoms with van der Waals surface area (Å²) >= 11 is 7.46. The Morgan fingerprint density at radius 2 is 2.22 bits per heavy atom. The second-order valence-electron chi connectivity index (χ2n) is 4.16. The topological polar surface area (TPSA) is 84.1 Å². The van der Waals surface area contributed by atoms with E-state index in [-0.39, 0.29) is 5.25 Å². The van der Waals surface area contributed by atoms with E-state index < -0.39 is 12.2 Å². The molecule has 0 saturated carbocycles. The average Bonchev–Trinajstić information content (AvgIpc) is 2.90. The molecule has 3 atom stereocenters. The Morgan fingerprint density at radius 1 is 1.39 bits per heavy atom. The van der Waals surface area contributed by atoms with E-state index in [0.29, 0.717) is 28.6 Å². The van der Waals surface area contributed by atoms with Crippen molar-refractivity contribution >= 4 is 34.5 Å². The van der Waals surface area contributed by atoms with E-state index in [0.717, 1.165) is 0 Å². The molecule has 2 aromatic rings. The maximum atomic E-state index is 9.82. The minimum atomic E-state index is -0.718. The molecular formula is C10H11ClN4O2S. The summed E-state index contributed by atoms with van der Waals surface area (Å²) in [5, 5.41) is 19.6. The first kappa shape index (κ1) is 12.2. The molecule has 8 heteroatoms. The highest BCUT2D eigenvalue weighted by Crippen LogP contribution is 2.29. The lowest BCUT2D eigenvalue weighted by atomic mass is 10.1. The summed E-state index contributed by atoms with van der Waals surface area (Å²) in [7, 11) is 0. The van der Waals surface area contributed by atoms with Crippen molar-refractivity contribution in [2.75, 3.05) is 5.75 Å². The third-order valence-electron chi connectivity index (χ3n) is 2.99. The lowest BCUT2D eigenvalue weighted by Crippen LogP contribution is -2.31. The van der Waals surface area contributed by atoms with Gasteiger partial charge < -0.3 is 14.8 Å². The fraction of sp³-hybridized carbons (Fsp3) is 0.500. The van der Waals surface area contributed by atoms with Gasteiger partial charge in [-0.1, -0.05) is 11.6 Å². The van der Waals surface area contributed by atoms with E-state index in [1.807, 2.05) is 4.57 Å². The van der Waals surface area contributed by atoms with Gasteiger partial charge in [-0.25, -0.2) is 15.0 Å². The molecule has 1 aliphatic rings. The van der Waals surface area contributed by atoms with Gasteiger partial charge in [0.15, 0.2) is 10.8 Å². The van der Waals surface area contributed by atoms with Crippen LogP contribution in [0.1, 0.15) is 0 Å². The molecule has 1 saturated heterocycles. The van der Waals surface area contributed by atoms with Crippen LogP contribution >= 0.6 is 23.4 Å². The second kappa shape index (κ2) is 4.65. The maximum absolute atomic E-state index is 9.82. The minimum Gasteiger partial charge on any atom is -0.390 e. The van der Waals surface area contributed by atoms with Crippen molar-refractivity contribution in [2.24, 2.45) is 0 Å². The van der Waals surface area contributed by atoms with Crippen molar-refractivity contribution in [3.8, 4) is 0 Å².